The fourth-order valence-electron chi connectivity index (χ4n) is 1.72. The van der Waals surface area contributed by atoms with Gasteiger partial charge in [0.2, 0.25) is 5.91 Å². The van der Waals surface area contributed by atoms with Crippen molar-refractivity contribution >= 4 is 11.9 Å². The minimum atomic E-state index is -1.14. The molecule has 7 heteroatoms. The second-order valence-corrected chi connectivity index (χ2v) is 4.66. The average molecular weight is 296 g/mol. The molecule has 1 aromatic carbocycles. The summed E-state index contributed by atoms with van der Waals surface area (Å²) in [5.41, 5.74) is 6.33. The van der Waals surface area contributed by atoms with Gasteiger partial charge in [-0.15, -0.1) is 0 Å². The first kappa shape index (κ1) is 16.9. The molecule has 1 rings (SSSR count). The van der Waals surface area contributed by atoms with Crippen molar-refractivity contribution in [1.82, 2.24) is 5.32 Å². The Morgan fingerprint density at radius 3 is 2.48 bits per heavy atom. The van der Waals surface area contributed by atoms with Crippen molar-refractivity contribution in [2.75, 3.05) is 13.7 Å². The highest BCUT2D eigenvalue weighted by Crippen LogP contribution is 2.11. The van der Waals surface area contributed by atoms with Crippen molar-refractivity contribution in [1.29, 1.82) is 0 Å². The Balaban J connectivity index is 2.63. The highest BCUT2D eigenvalue weighted by molar-refractivity contribution is 5.86. The normalized spacial score (nSPS) is 13.4. The van der Waals surface area contributed by atoms with Gasteiger partial charge in [0.25, 0.3) is 0 Å². The van der Waals surface area contributed by atoms with Gasteiger partial charge in [0.1, 0.15) is 11.8 Å². The third kappa shape index (κ3) is 5.80. The Hall–Kier alpha value is -2.12. The van der Waals surface area contributed by atoms with Crippen LogP contribution in [0.3, 0.4) is 0 Å². The van der Waals surface area contributed by atoms with E-state index >= 15 is 0 Å². The standard InChI is InChI=1S/C14H20N2O5/c1-21-7-6-11(15)13(18)16-12(14(19)20)8-9-2-4-10(17)5-3-9/h2-5,11-12,17H,6-8,15H2,1H3,(H,16,18)(H,19,20)/t11?,12-/m0/s1. The van der Waals surface area contributed by atoms with Gasteiger partial charge >= 0.3 is 5.97 Å². The van der Waals surface area contributed by atoms with Gasteiger partial charge in [-0.2, -0.15) is 0 Å². The van der Waals surface area contributed by atoms with E-state index in [0.717, 1.165) is 0 Å². The van der Waals surface area contributed by atoms with E-state index in [0.29, 0.717) is 18.6 Å². The summed E-state index contributed by atoms with van der Waals surface area (Å²) in [6.45, 7) is 0.324. The lowest BCUT2D eigenvalue weighted by atomic mass is 10.1. The van der Waals surface area contributed by atoms with Crippen LogP contribution in [0.2, 0.25) is 0 Å². The third-order valence-corrected chi connectivity index (χ3v) is 2.96. The number of phenols is 1. The van der Waals surface area contributed by atoms with E-state index < -0.39 is 24.0 Å². The molecule has 0 heterocycles. The Morgan fingerprint density at radius 1 is 1.33 bits per heavy atom. The SMILES string of the molecule is COCCC(N)C(=O)N[C@@H](Cc1ccc(O)cc1)C(=O)O. The maximum Gasteiger partial charge on any atom is 0.326 e. The van der Waals surface area contributed by atoms with E-state index in [1.54, 1.807) is 12.1 Å². The highest BCUT2D eigenvalue weighted by Gasteiger charge is 2.23. The number of amides is 1. The number of hydrogen-bond acceptors (Lipinski definition) is 5. The highest BCUT2D eigenvalue weighted by atomic mass is 16.5. The molecule has 0 aliphatic rings. The van der Waals surface area contributed by atoms with Crippen LogP contribution in [0, 0.1) is 0 Å². The van der Waals surface area contributed by atoms with Crippen molar-refractivity contribution in [2.24, 2.45) is 5.73 Å². The molecule has 0 radical (unpaired) electrons. The second-order valence-electron chi connectivity index (χ2n) is 4.66. The summed E-state index contributed by atoms with van der Waals surface area (Å²) in [4.78, 5) is 23.0. The number of carboxylic acids is 1. The van der Waals surface area contributed by atoms with Crippen molar-refractivity contribution < 1.29 is 24.5 Å². The number of hydrogen-bond donors (Lipinski definition) is 4. The van der Waals surface area contributed by atoms with Crippen LogP contribution in [0.5, 0.6) is 5.75 Å². The first-order valence-corrected chi connectivity index (χ1v) is 6.49. The van der Waals surface area contributed by atoms with Crippen LogP contribution in [0.25, 0.3) is 0 Å². The van der Waals surface area contributed by atoms with Crippen molar-refractivity contribution in [2.45, 2.75) is 24.9 Å². The Kier molecular flexibility index (Phi) is 6.64. The molecule has 1 amide bonds. The summed E-state index contributed by atoms with van der Waals surface area (Å²) < 4.78 is 4.82. The molecule has 116 valence electrons. The summed E-state index contributed by atoms with van der Waals surface area (Å²) in [5.74, 6) is -1.58. The first-order chi connectivity index (χ1) is 9.93. The molecule has 0 fully saturated rings. The van der Waals surface area contributed by atoms with E-state index in [4.69, 9.17) is 15.6 Å². The number of nitrogens with two attached hydrogens (primary N) is 1. The number of aliphatic carboxylic acids is 1. The summed E-state index contributed by atoms with van der Waals surface area (Å²) in [7, 11) is 1.50. The van der Waals surface area contributed by atoms with E-state index in [1.165, 1.54) is 19.2 Å². The quantitative estimate of drug-likeness (QED) is 0.530. The van der Waals surface area contributed by atoms with Crippen LogP contribution in [-0.2, 0) is 20.7 Å². The minimum absolute atomic E-state index is 0.0937. The lowest BCUT2D eigenvalue weighted by molar-refractivity contribution is -0.142. The zero-order chi connectivity index (χ0) is 15.8. The largest absolute Gasteiger partial charge is 0.508 e. The van der Waals surface area contributed by atoms with Crippen molar-refractivity contribution in [3.8, 4) is 5.75 Å². The number of aromatic hydroxyl groups is 1. The Bertz CT molecular complexity index is 475. The summed E-state index contributed by atoms with van der Waals surface area (Å²) >= 11 is 0. The third-order valence-electron chi connectivity index (χ3n) is 2.96. The van der Waals surface area contributed by atoms with Crippen LogP contribution >= 0.6 is 0 Å². The molecule has 5 N–H and O–H groups in total. The Labute approximate surface area is 122 Å². The Morgan fingerprint density at radius 2 is 1.95 bits per heavy atom. The molecule has 0 aliphatic heterocycles. The van der Waals surface area contributed by atoms with Crippen LogP contribution in [0.4, 0.5) is 0 Å². The van der Waals surface area contributed by atoms with Crippen LogP contribution in [0.15, 0.2) is 24.3 Å². The molecule has 1 aromatic rings. The molecular weight excluding hydrogens is 276 g/mol. The molecule has 0 aromatic heterocycles. The predicted octanol–water partition coefficient (Wildman–Crippen LogP) is -0.132. The van der Waals surface area contributed by atoms with Gasteiger partial charge in [-0.3, -0.25) is 4.79 Å². The van der Waals surface area contributed by atoms with Gasteiger partial charge in [0, 0.05) is 20.1 Å². The zero-order valence-corrected chi connectivity index (χ0v) is 11.8. The average Bonchev–Trinajstić information content (AvgIpc) is 2.45. The number of phenolic OH excluding ortho intramolecular Hbond substituents is 1. The number of nitrogens with one attached hydrogen (secondary N) is 1. The monoisotopic (exact) mass is 296 g/mol. The number of ether oxygens (including phenoxy) is 1. The van der Waals surface area contributed by atoms with E-state index in [2.05, 4.69) is 5.32 Å². The fraction of sp³-hybridized carbons (Fsp3) is 0.429. The molecule has 0 spiro atoms. The molecule has 0 saturated heterocycles. The molecular formula is C14H20N2O5. The predicted molar refractivity (Wildman–Crippen MR) is 75.8 cm³/mol. The summed E-state index contributed by atoms with van der Waals surface area (Å²) in [5, 5.41) is 20.8. The van der Waals surface area contributed by atoms with Gasteiger partial charge in [0.15, 0.2) is 0 Å². The number of carboxylic acid groups (broad SMARTS) is 1. The molecule has 0 bridgehead atoms. The van der Waals surface area contributed by atoms with E-state index in [9.17, 15) is 14.7 Å². The summed E-state index contributed by atoms with van der Waals surface area (Å²) in [6, 6.07) is 4.23. The van der Waals surface area contributed by atoms with Crippen LogP contribution < -0.4 is 11.1 Å². The van der Waals surface area contributed by atoms with Gasteiger partial charge in [-0.25, -0.2) is 4.79 Å². The van der Waals surface area contributed by atoms with Crippen molar-refractivity contribution in [3.63, 3.8) is 0 Å². The molecule has 7 nitrogen and oxygen atoms in total. The molecule has 2 atom stereocenters. The van der Waals surface area contributed by atoms with E-state index in [1.807, 2.05) is 0 Å². The minimum Gasteiger partial charge on any atom is -0.508 e. The van der Waals surface area contributed by atoms with Gasteiger partial charge in [0.05, 0.1) is 6.04 Å². The number of carbonyl (C=O) groups is 2. The van der Waals surface area contributed by atoms with Crippen LogP contribution in [-0.4, -0.2) is 47.9 Å². The lowest BCUT2D eigenvalue weighted by Crippen LogP contribution is -2.49. The number of methoxy groups -OCH3 is 1. The van der Waals surface area contributed by atoms with Gasteiger partial charge in [-0.05, 0) is 24.1 Å². The maximum absolute atomic E-state index is 11.8. The number of benzene rings is 1. The molecule has 0 aliphatic carbocycles. The maximum atomic E-state index is 11.8. The molecule has 0 saturated carbocycles. The zero-order valence-electron chi connectivity index (χ0n) is 11.8. The second kappa shape index (κ2) is 8.23. The van der Waals surface area contributed by atoms with Crippen molar-refractivity contribution in [3.05, 3.63) is 29.8 Å². The van der Waals surface area contributed by atoms with Gasteiger partial charge in [-0.1, -0.05) is 12.1 Å². The lowest BCUT2D eigenvalue weighted by Gasteiger charge is -2.17. The van der Waals surface area contributed by atoms with Crippen LogP contribution in [0.1, 0.15) is 12.0 Å². The van der Waals surface area contributed by atoms with Gasteiger partial charge < -0.3 is 26.0 Å². The smallest absolute Gasteiger partial charge is 0.326 e. The summed E-state index contributed by atoms with van der Waals surface area (Å²) in [6.07, 6.45) is 0.423. The number of rotatable bonds is 8. The number of carbonyl (C=O) groups excluding carboxylic acids is 1. The topological polar surface area (TPSA) is 122 Å². The fourth-order valence-corrected chi connectivity index (χ4v) is 1.72. The molecule has 1 unspecified atom stereocenters. The first-order valence-electron chi connectivity index (χ1n) is 6.49. The molecule has 21 heavy (non-hydrogen) atoms. The van der Waals surface area contributed by atoms with E-state index in [-0.39, 0.29) is 12.2 Å².